The highest BCUT2D eigenvalue weighted by molar-refractivity contribution is 6.09. The van der Waals surface area contributed by atoms with E-state index >= 15 is 0 Å². The van der Waals surface area contributed by atoms with Crippen LogP contribution in [-0.4, -0.2) is 4.98 Å². The molecule has 3 heteroatoms. The molecule has 0 spiro atoms. The van der Waals surface area contributed by atoms with E-state index in [9.17, 15) is 0 Å². The zero-order chi connectivity index (χ0) is 29.2. The SMILES string of the molecule is [2H]C([2H])([2H])C([2H])(c1ccc2c(n1)oc1c(-c3c(-c4ccc(C(C)C)cc4)ccc[n+]3C)c(C)ccc12)C([2H])([2H])[2H]. The minimum absolute atomic E-state index is 0.0888. The first-order chi connectivity index (χ1) is 18.6. The lowest BCUT2D eigenvalue weighted by Crippen LogP contribution is -2.31. The highest BCUT2D eigenvalue weighted by atomic mass is 16.3. The topological polar surface area (TPSA) is 29.9 Å². The van der Waals surface area contributed by atoms with Crippen molar-refractivity contribution in [2.24, 2.45) is 7.05 Å². The highest BCUT2D eigenvalue weighted by Gasteiger charge is 2.25. The molecule has 0 saturated carbocycles. The van der Waals surface area contributed by atoms with Crippen molar-refractivity contribution in [1.82, 2.24) is 4.98 Å². The maximum Gasteiger partial charge on any atom is 0.227 e. The molecule has 3 nitrogen and oxygen atoms in total. The Balaban J connectivity index is 1.77. The van der Waals surface area contributed by atoms with Crippen LogP contribution in [-0.2, 0) is 7.05 Å². The van der Waals surface area contributed by atoms with Gasteiger partial charge in [0.05, 0.1) is 11.1 Å². The monoisotopic (exact) mass is 442 g/mol. The number of benzene rings is 2. The molecule has 0 radical (unpaired) electrons. The molecule has 3 heterocycles. The average molecular weight is 443 g/mol. The van der Waals surface area contributed by atoms with Gasteiger partial charge in [0.2, 0.25) is 11.4 Å². The molecule has 0 bridgehead atoms. The van der Waals surface area contributed by atoms with Crippen LogP contribution in [0.15, 0.2) is 71.3 Å². The third kappa shape index (κ3) is 3.62. The van der Waals surface area contributed by atoms with Gasteiger partial charge < -0.3 is 4.42 Å². The number of hydrogen-bond donors (Lipinski definition) is 0. The van der Waals surface area contributed by atoms with E-state index in [1.807, 2.05) is 42.9 Å². The summed E-state index contributed by atoms with van der Waals surface area (Å²) in [5.74, 6) is -2.49. The van der Waals surface area contributed by atoms with Gasteiger partial charge in [-0.2, -0.15) is 0 Å². The zero-order valence-corrected chi connectivity index (χ0v) is 19.2. The fourth-order valence-electron chi connectivity index (χ4n) is 4.46. The number of furan rings is 1. The standard InChI is InChI=1S/C30H31N2O/c1-18(2)21-10-12-22(13-11-21)23-8-7-17-32(6)28(23)27-20(5)9-14-24-25-15-16-26(19(3)4)31-30(25)33-29(24)27/h7-19H,1-6H3/q+1/i3D3,4D3,19D. The van der Waals surface area contributed by atoms with Gasteiger partial charge in [-0.05, 0) is 53.6 Å². The molecule has 0 N–H and O–H groups in total. The van der Waals surface area contributed by atoms with Crippen LogP contribution in [0, 0.1) is 6.92 Å². The summed E-state index contributed by atoms with van der Waals surface area (Å²) in [4.78, 5) is 4.33. The van der Waals surface area contributed by atoms with Gasteiger partial charge in [0.1, 0.15) is 7.05 Å². The number of nitrogens with zero attached hydrogens (tertiary/aromatic N) is 2. The predicted molar refractivity (Wildman–Crippen MR) is 136 cm³/mol. The lowest BCUT2D eigenvalue weighted by atomic mass is 9.93. The van der Waals surface area contributed by atoms with Gasteiger partial charge in [-0.25, -0.2) is 9.55 Å². The van der Waals surface area contributed by atoms with Gasteiger partial charge in [-0.1, -0.05) is 63.9 Å². The summed E-state index contributed by atoms with van der Waals surface area (Å²) in [6.07, 6.45) is 1.97. The van der Waals surface area contributed by atoms with Crippen molar-refractivity contribution in [2.75, 3.05) is 0 Å². The van der Waals surface area contributed by atoms with Crippen molar-refractivity contribution in [1.29, 1.82) is 0 Å². The Labute approximate surface area is 205 Å². The lowest BCUT2D eigenvalue weighted by molar-refractivity contribution is -0.659. The smallest absolute Gasteiger partial charge is 0.227 e. The Bertz CT molecular complexity index is 1720. The fraction of sp³-hybridized carbons (Fsp3) is 0.267. The van der Waals surface area contributed by atoms with E-state index in [-0.39, 0.29) is 11.4 Å². The first-order valence-electron chi connectivity index (χ1n) is 14.6. The van der Waals surface area contributed by atoms with Crippen LogP contribution < -0.4 is 4.57 Å². The quantitative estimate of drug-likeness (QED) is 0.267. The molecule has 0 aliphatic carbocycles. The maximum absolute atomic E-state index is 8.55. The lowest BCUT2D eigenvalue weighted by Gasteiger charge is -2.12. The molecule has 5 aromatic rings. The van der Waals surface area contributed by atoms with Gasteiger partial charge in [0.15, 0.2) is 11.8 Å². The van der Waals surface area contributed by atoms with Gasteiger partial charge in [0, 0.05) is 32.1 Å². The molecule has 3 aromatic heterocycles. The van der Waals surface area contributed by atoms with E-state index in [2.05, 4.69) is 49.2 Å². The van der Waals surface area contributed by atoms with Gasteiger partial charge in [-0.15, -0.1) is 0 Å². The summed E-state index contributed by atoms with van der Waals surface area (Å²) in [5, 5.41) is 1.37. The molecule has 0 unspecified atom stereocenters. The second kappa shape index (κ2) is 8.15. The number of aromatic nitrogens is 2. The number of fused-ring (bicyclic) bond motifs is 3. The molecule has 0 amide bonds. The molecular formula is C30H31N2O+. The van der Waals surface area contributed by atoms with Crippen LogP contribution in [0.2, 0.25) is 0 Å². The summed E-state index contributed by atoms with van der Waals surface area (Å²) >= 11 is 0. The minimum atomic E-state index is -3.13. The average Bonchev–Trinajstić information content (AvgIpc) is 3.25. The summed E-state index contributed by atoms with van der Waals surface area (Å²) in [6, 6.07) is 19.4. The Morgan fingerprint density at radius 1 is 0.970 bits per heavy atom. The minimum Gasteiger partial charge on any atom is -0.437 e. The van der Waals surface area contributed by atoms with Crippen LogP contribution in [0.1, 0.15) is 65.8 Å². The van der Waals surface area contributed by atoms with Gasteiger partial charge >= 0.3 is 0 Å². The summed E-state index contributed by atoms with van der Waals surface area (Å²) < 4.78 is 64.0. The Morgan fingerprint density at radius 2 is 1.73 bits per heavy atom. The van der Waals surface area contributed by atoms with Crippen molar-refractivity contribution in [3.63, 3.8) is 0 Å². The molecule has 5 rings (SSSR count). The zero-order valence-electron chi connectivity index (χ0n) is 26.2. The van der Waals surface area contributed by atoms with Crippen LogP contribution in [0.3, 0.4) is 0 Å². The third-order valence-electron chi connectivity index (χ3n) is 6.28. The normalized spacial score (nSPS) is 16.1. The summed E-state index contributed by atoms with van der Waals surface area (Å²) in [5.41, 5.74) is 6.34. The van der Waals surface area contributed by atoms with Crippen molar-refractivity contribution >= 4 is 22.1 Å². The van der Waals surface area contributed by atoms with E-state index in [1.54, 1.807) is 6.07 Å². The Kier molecular flexibility index (Phi) is 3.62. The van der Waals surface area contributed by atoms with Crippen LogP contribution >= 0.6 is 0 Å². The second-order valence-electron chi connectivity index (χ2n) is 8.82. The van der Waals surface area contributed by atoms with Crippen molar-refractivity contribution in [2.45, 2.75) is 46.3 Å². The van der Waals surface area contributed by atoms with Gasteiger partial charge in [-0.3, -0.25) is 0 Å². The molecule has 0 aliphatic rings. The molecule has 0 atom stereocenters. The summed E-state index contributed by atoms with van der Waals surface area (Å²) in [7, 11) is 1.97. The van der Waals surface area contributed by atoms with E-state index < -0.39 is 19.6 Å². The van der Waals surface area contributed by atoms with E-state index in [0.717, 1.165) is 33.3 Å². The van der Waals surface area contributed by atoms with Crippen LogP contribution in [0.25, 0.3) is 44.5 Å². The van der Waals surface area contributed by atoms with Gasteiger partial charge in [0.25, 0.3) is 0 Å². The van der Waals surface area contributed by atoms with E-state index in [1.165, 1.54) is 11.6 Å². The van der Waals surface area contributed by atoms with Crippen molar-refractivity contribution in [3.8, 4) is 22.4 Å². The van der Waals surface area contributed by atoms with Crippen LogP contribution in [0.5, 0.6) is 0 Å². The number of hydrogen-bond acceptors (Lipinski definition) is 2. The van der Waals surface area contributed by atoms with Crippen LogP contribution in [0.4, 0.5) is 0 Å². The second-order valence-corrected chi connectivity index (χ2v) is 8.82. The number of aryl methyl sites for hydroxylation is 2. The van der Waals surface area contributed by atoms with E-state index in [4.69, 9.17) is 14.0 Å². The highest BCUT2D eigenvalue weighted by Crippen LogP contribution is 2.40. The largest absolute Gasteiger partial charge is 0.437 e. The Hall–Kier alpha value is -3.46. The number of rotatable bonds is 4. The molecule has 2 aromatic carbocycles. The molecule has 0 fully saturated rings. The molecule has 33 heavy (non-hydrogen) atoms. The first-order valence-corrected chi connectivity index (χ1v) is 11.1. The first kappa shape index (κ1) is 14.6. The van der Waals surface area contributed by atoms with Crippen molar-refractivity contribution in [3.05, 3.63) is 83.7 Å². The third-order valence-corrected chi connectivity index (χ3v) is 6.28. The fourth-order valence-corrected chi connectivity index (χ4v) is 4.46. The summed E-state index contributed by atoms with van der Waals surface area (Å²) in [6.45, 7) is 0.0522. The molecule has 166 valence electrons. The maximum atomic E-state index is 8.55. The number of pyridine rings is 2. The van der Waals surface area contributed by atoms with E-state index in [0.29, 0.717) is 16.9 Å². The Morgan fingerprint density at radius 3 is 2.45 bits per heavy atom. The molecule has 0 aliphatic heterocycles. The predicted octanol–water partition coefficient (Wildman–Crippen LogP) is 7.69. The molecule has 0 saturated heterocycles. The molecular weight excluding hydrogens is 404 g/mol. The van der Waals surface area contributed by atoms with Crippen molar-refractivity contribution < 1.29 is 18.6 Å².